The summed E-state index contributed by atoms with van der Waals surface area (Å²) in [5, 5.41) is 0. The Bertz CT molecular complexity index is 191. The van der Waals surface area contributed by atoms with Crippen LogP contribution >= 0.6 is 0 Å². The molecule has 0 bridgehead atoms. The lowest BCUT2D eigenvalue weighted by atomic mass is 9.84. The molecule has 2 N–H and O–H groups in total. The number of hydrogen-bond acceptors (Lipinski definition) is 2. The lowest BCUT2D eigenvalue weighted by molar-refractivity contribution is 0.0885. The van der Waals surface area contributed by atoms with Crippen molar-refractivity contribution in [2.45, 2.75) is 69.9 Å². The van der Waals surface area contributed by atoms with Crippen molar-refractivity contribution in [3.63, 3.8) is 0 Å². The summed E-state index contributed by atoms with van der Waals surface area (Å²) < 4.78 is 0. The normalized spacial score (nSPS) is 28.4. The van der Waals surface area contributed by atoms with Crippen LogP contribution in [0.2, 0.25) is 0 Å². The van der Waals surface area contributed by atoms with Crippen LogP contribution in [0.4, 0.5) is 0 Å². The molecule has 2 aliphatic rings. The Kier molecular flexibility index (Phi) is 3.68. The zero-order valence-corrected chi connectivity index (χ0v) is 10.2. The molecule has 0 aromatic carbocycles. The van der Waals surface area contributed by atoms with E-state index in [1.165, 1.54) is 64.5 Å². The monoisotopic (exact) mass is 210 g/mol. The summed E-state index contributed by atoms with van der Waals surface area (Å²) in [5.41, 5.74) is 6.86. The Morgan fingerprint density at radius 2 is 1.73 bits per heavy atom. The van der Waals surface area contributed by atoms with Crippen molar-refractivity contribution in [2.75, 3.05) is 13.1 Å². The molecular formula is C13H26N2. The van der Waals surface area contributed by atoms with Crippen LogP contribution in [0, 0.1) is 0 Å². The zero-order chi connectivity index (χ0) is 10.7. The Morgan fingerprint density at radius 1 is 1.13 bits per heavy atom. The van der Waals surface area contributed by atoms with Crippen LogP contribution in [-0.4, -0.2) is 29.6 Å². The molecule has 15 heavy (non-hydrogen) atoms. The third-order valence-electron chi connectivity index (χ3n) is 4.50. The van der Waals surface area contributed by atoms with Crippen molar-refractivity contribution in [2.24, 2.45) is 5.73 Å². The Balaban J connectivity index is 2.08. The van der Waals surface area contributed by atoms with Crippen molar-refractivity contribution in [3.8, 4) is 0 Å². The quantitative estimate of drug-likeness (QED) is 0.772. The maximum atomic E-state index is 6.46. The van der Waals surface area contributed by atoms with Gasteiger partial charge in [0.1, 0.15) is 0 Å². The van der Waals surface area contributed by atoms with E-state index < -0.39 is 0 Å². The highest BCUT2D eigenvalue weighted by Gasteiger charge is 2.44. The van der Waals surface area contributed by atoms with Gasteiger partial charge in [0.15, 0.2) is 0 Å². The summed E-state index contributed by atoms with van der Waals surface area (Å²) in [7, 11) is 0. The van der Waals surface area contributed by atoms with Crippen LogP contribution in [0.1, 0.15) is 58.3 Å². The van der Waals surface area contributed by atoms with Gasteiger partial charge in [0.25, 0.3) is 0 Å². The van der Waals surface area contributed by atoms with E-state index in [1.54, 1.807) is 0 Å². The van der Waals surface area contributed by atoms with Crippen molar-refractivity contribution in [1.29, 1.82) is 0 Å². The molecule has 0 aromatic heterocycles. The van der Waals surface area contributed by atoms with Gasteiger partial charge in [0.05, 0.1) is 0 Å². The van der Waals surface area contributed by atoms with Gasteiger partial charge in [-0.3, -0.25) is 4.90 Å². The highest BCUT2D eigenvalue weighted by Crippen LogP contribution is 2.40. The highest BCUT2D eigenvalue weighted by atomic mass is 15.2. The van der Waals surface area contributed by atoms with Crippen molar-refractivity contribution in [3.05, 3.63) is 0 Å². The molecule has 88 valence electrons. The fraction of sp³-hybridized carbons (Fsp3) is 1.00. The third-order valence-corrected chi connectivity index (χ3v) is 4.50. The zero-order valence-electron chi connectivity index (χ0n) is 10.2. The highest BCUT2D eigenvalue weighted by molar-refractivity contribution is 5.03. The molecule has 2 nitrogen and oxygen atoms in total. The first kappa shape index (κ1) is 11.4. The van der Waals surface area contributed by atoms with Crippen LogP contribution in [-0.2, 0) is 0 Å². The van der Waals surface area contributed by atoms with E-state index in [2.05, 4.69) is 11.8 Å². The number of likely N-dealkylation sites (tertiary alicyclic amines) is 1. The molecule has 1 saturated carbocycles. The molecule has 1 aliphatic heterocycles. The minimum atomic E-state index is 0.395. The Labute approximate surface area is 94.2 Å². The van der Waals surface area contributed by atoms with Crippen LogP contribution < -0.4 is 5.73 Å². The molecule has 1 heterocycles. The predicted octanol–water partition coefficient (Wildman–Crippen LogP) is 2.52. The van der Waals surface area contributed by atoms with Crippen LogP contribution in [0.5, 0.6) is 0 Å². The Morgan fingerprint density at radius 3 is 2.27 bits per heavy atom. The second-order valence-electron chi connectivity index (χ2n) is 5.40. The molecule has 2 fully saturated rings. The average Bonchev–Trinajstić information content (AvgIpc) is 2.90. The summed E-state index contributed by atoms with van der Waals surface area (Å²) in [5.74, 6) is 0. The molecule has 1 aliphatic carbocycles. The molecule has 0 amide bonds. The Hall–Kier alpha value is -0.0800. The fourth-order valence-corrected chi connectivity index (χ4v) is 3.65. The second kappa shape index (κ2) is 4.84. The van der Waals surface area contributed by atoms with E-state index >= 15 is 0 Å². The van der Waals surface area contributed by atoms with E-state index in [1.807, 2.05) is 0 Å². The van der Waals surface area contributed by atoms with Gasteiger partial charge in [-0.2, -0.15) is 0 Å². The van der Waals surface area contributed by atoms with E-state index in [4.69, 9.17) is 5.73 Å². The van der Waals surface area contributed by atoms with Gasteiger partial charge in [0.2, 0.25) is 0 Å². The standard InChI is InChI=1S/C13H26N2/c1-2-7-12(14)13(8-3-4-9-13)15-10-5-6-11-15/h12H,2-11,14H2,1H3. The van der Waals surface area contributed by atoms with Gasteiger partial charge >= 0.3 is 0 Å². The molecule has 0 spiro atoms. The molecule has 2 heteroatoms. The first-order valence-electron chi connectivity index (χ1n) is 6.80. The summed E-state index contributed by atoms with van der Waals surface area (Å²) in [6, 6.07) is 0.420. The van der Waals surface area contributed by atoms with Crippen molar-refractivity contribution in [1.82, 2.24) is 4.90 Å². The van der Waals surface area contributed by atoms with Gasteiger partial charge < -0.3 is 5.73 Å². The molecule has 1 saturated heterocycles. The van der Waals surface area contributed by atoms with Crippen LogP contribution in [0.3, 0.4) is 0 Å². The lowest BCUT2D eigenvalue weighted by Crippen LogP contribution is -2.57. The molecule has 0 aromatic rings. The van der Waals surface area contributed by atoms with Gasteiger partial charge in [-0.05, 0) is 45.2 Å². The van der Waals surface area contributed by atoms with E-state index in [0.29, 0.717) is 11.6 Å². The largest absolute Gasteiger partial charge is 0.326 e. The lowest BCUT2D eigenvalue weighted by Gasteiger charge is -2.43. The number of nitrogens with two attached hydrogens (primary N) is 1. The molecule has 0 radical (unpaired) electrons. The SMILES string of the molecule is CCCC(N)C1(N2CCCC2)CCCC1. The summed E-state index contributed by atoms with van der Waals surface area (Å²) in [6.07, 6.45) is 10.7. The van der Waals surface area contributed by atoms with E-state index in [-0.39, 0.29) is 0 Å². The first-order chi connectivity index (χ1) is 7.29. The summed E-state index contributed by atoms with van der Waals surface area (Å²) >= 11 is 0. The van der Waals surface area contributed by atoms with Crippen LogP contribution in [0.25, 0.3) is 0 Å². The molecular weight excluding hydrogens is 184 g/mol. The maximum Gasteiger partial charge on any atom is 0.0360 e. The number of nitrogens with zero attached hydrogens (tertiary/aromatic N) is 1. The first-order valence-corrected chi connectivity index (χ1v) is 6.80. The van der Waals surface area contributed by atoms with Gasteiger partial charge in [0, 0.05) is 11.6 Å². The van der Waals surface area contributed by atoms with E-state index in [0.717, 1.165) is 0 Å². The van der Waals surface area contributed by atoms with Gasteiger partial charge in [-0.25, -0.2) is 0 Å². The predicted molar refractivity (Wildman–Crippen MR) is 64.9 cm³/mol. The van der Waals surface area contributed by atoms with Crippen molar-refractivity contribution < 1.29 is 0 Å². The third kappa shape index (κ3) is 2.07. The molecule has 1 atom stereocenters. The molecule has 1 unspecified atom stereocenters. The summed E-state index contributed by atoms with van der Waals surface area (Å²) in [6.45, 7) is 4.86. The average molecular weight is 210 g/mol. The van der Waals surface area contributed by atoms with Crippen LogP contribution in [0.15, 0.2) is 0 Å². The van der Waals surface area contributed by atoms with E-state index in [9.17, 15) is 0 Å². The summed E-state index contributed by atoms with van der Waals surface area (Å²) in [4.78, 5) is 2.72. The maximum absolute atomic E-state index is 6.46. The minimum absolute atomic E-state index is 0.395. The van der Waals surface area contributed by atoms with Gasteiger partial charge in [-0.15, -0.1) is 0 Å². The minimum Gasteiger partial charge on any atom is -0.326 e. The second-order valence-corrected chi connectivity index (χ2v) is 5.40. The smallest absolute Gasteiger partial charge is 0.0360 e. The van der Waals surface area contributed by atoms with Crippen molar-refractivity contribution >= 4 is 0 Å². The fourth-order valence-electron chi connectivity index (χ4n) is 3.65. The topological polar surface area (TPSA) is 29.3 Å². The van der Waals surface area contributed by atoms with Gasteiger partial charge in [-0.1, -0.05) is 26.2 Å². The number of rotatable bonds is 4. The molecule has 2 rings (SSSR count). The number of hydrogen-bond donors (Lipinski definition) is 1.